The molecule has 28 heavy (non-hydrogen) atoms. The lowest BCUT2D eigenvalue weighted by Gasteiger charge is -2.03. The van der Waals surface area contributed by atoms with Gasteiger partial charge in [-0.2, -0.15) is 0 Å². The van der Waals surface area contributed by atoms with Gasteiger partial charge in [0.05, 0.1) is 0 Å². The summed E-state index contributed by atoms with van der Waals surface area (Å²) in [7, 11) is 0. The van der Waals surface area contributed by atoms with Crippen molar-refractivity contribution in [1.29, 1.82) is 0 Å². The molecule has 0 bridgehead atoms. The summed E-state index contributed by atoms with van der Waals surface area (Å²) in [5, 5.41) is 0. The molecule has 134 valence electrons. The minimum Gasteiger partial charge on any atom is -0.436 e. The van der Waals surface area contributed by atoms with Crippen molar-refractivity contribution in [3.8, 4) is 33.7 Å². The summed E-state index contributed by atoms with van der Waals surface area (Å²) in [5.41, 5.74) is 8.64. The predicted molar refractivity (Wildman–Crippen MR) is 115 cm³/mol. The Bertz CT molecular complexity index is 1230. The molecule has 5 aromatic rings. The largest absolute Gasteiger partial charge is 0.436 e. The number of fused-ring (bicyclic) bond motifs is 1. The fraction of sp³-hybridized carbons (Fsp3) is 0.0385. The Labute approximate surface area is 164 Å². The third kappa shape index (κ3) is 3.10. The number of hydrogen-bond donors (Lipinski definition) is 0. The van der Waals surface area contributed by atoms with E-state index in [0.717, 1.165) is 22.2 Å². The summed E-state index contributed by atoms with van der Waals surface area (Å²) in [6.07, 6.45) is 0. The average molecular weight is 361 g/mol. The van der Waals surface area contributed by atoms with Crippen molar-refractivity contribution in [2.24, 2.45) is 0 Å². The van der Waals surface area contributed by atoms with Crippen molar-refractivity contribution < 1.29 is 4.42 Å². The van der Waals surface area contributed by atoms with E-state index in [1.54, 1.807) is 0 Å². The molecule has 0 aliphatic heterocycles. The van der Waals surface area contributed by atoms with Crippen LogP contribution in [0.1, 0.15) is 5.56 Å². The van der Waals surface area contributed by atoms with E-state index >= 15 is 0 Å². The molecule has 0 aliphatic rings. The molecule has 5 rings (SSSR count). The highest BCUT2D eigenvalue weighted by Gasteiger charge is 2.10. The second-order valence-electron chi connectivity index (χ2n) is 7.01. The van der Waals surface area contributed by atoms with E-state index in [0.29, 0.717) is 5.89 Å². The van der Waals surface area contributed by atoms with Crippen LogP contribution >= 0.6 is 0 Å². The number of aryl methyl sites for hydroxylation is 1. The second-order valence-corrected chi connectivity index (χ2v) is 7.01. The van der Waals surface area contributed by atoms with Gasteiger partial charge in [-0.25, -0.2) is 4.98 Å². The van der Waals surface area contributed by atoms with Gasteiger partial charge in [0.1, 0.15) is 5.52 Å². The lowest BCUT2D eigenvalue weighted by atomic mass is 10.0. The Morgan fingerprint density at radius 3 is 1.86 bits per heavy atom. The van der Waals surface area contributed by atoms with E-state index < -0.39 is 0 Å². The zero-order valence-corrected chi connectivity index (χ0v) is 15.6. The number of benzene rings is 4. The maximum Gasteiger partial charge on any atom is 0.227 e. The van der Waals surface area contributed by atoms with Crippen molar-refractivity contribution in [1.82, 2.24) is 4.98 Å². The predicted octanol–water partition coefficient (Wildman–Crippen LogP) is 7.14. The molecular weight excluding hydrogens is 342 g/mol. The number of oxazole rings is 1. The van der Waals surface area contributed by atoms with E-state index in [1.165, 1.54) is 22.3 Å². The van der Waals surface area contributed by atoms with Crippen molar-refractivity contribution in [2.45, 2.75) is 6.92 Å². The molecule has 2 nitrogen and oxygen atoms in total. The Morgan fingerprint density at radius 2 is 1.14 bits per heavy atom. The van der Waals surface area contributed by atoms with Crippen LogP contribution in [0.4, 0.5) is 0 Å². The van der Waals surface area contributed by atoms with Gasteiger partial charge in [0.15, 0.2) is 5.58 Å². The fourth-order valence-corrected chi connectivity index (χ4v) is 3.41. The van der Waals surface area contributed by atoms with Crippen LogP contribution in [0.3, 0.4) is 0 Å². The number of aromatic nitrogens is 1. The Kier molecular flexibility index (Phi) is 4.02. The number of rotatable bonds is 3. The third-order valence-electron chi connectivity index (χ3n) is 5.01. The van der Waals surface area contributed by atoms with Gasteiger partial charge in [-0.15, -0.1) is 0 Å². The summed E-state index contributed by atoms with van der Waals surface area (Å²) >= 11 is 0. The molecule has 0 fully saturated rings. The lowest BCUT2D eigenvalue weighted by molar-refractivity contribution is 0.620. The molecule has 0 unspecified atom stereocenters. The summed E-state index contributed by atoms with van der Waals surface area (Å²) in [5.74, 6) is 0.649. The first-order valence-corrected chi connectivity index (χ1v) is 9.40. The molecule has 2 heteroatoms. The minimum absolute atomic E-state index is 0.649. The highest BCUT2D eigenvalue weighted by molar-refractivity contribution is 5.82. The van der Waals surface area contributed by atoms with Crippen molar-refractivity contribution in [2.75, 3.05) is 0 Å². The first-order valence-electron chi connectivity index (χ1n) is 9.40. The molecule has 0 atom stereocenters. The average Bonchev–Trinajstić information content (AvgIpc) is 3.18. The Balaban J connectivity index is 1.48. The molecule has 0 saturated heterocycles. The zero-order chi connectivity index (χ0) is 18.9. The van der Waals surface area contributed by atoms with Crippen molar-refractivity contribution in [3.63, 3.8) is 0 Å². The first kappa shape index (κ1) is 16.5. The van der Waals surface area contributed by atoms with E-state index in [2.05, 4.69) is 79.7 Å². The molecule has 0 amide bonds. The molecule has 0 aliphatic carbocycles. The molecule has 1 heterocycles. The Morgan fingerprint density at radius 1 is 0.571 bits per heavy atom. The van der Waals surface area contributed by atoms with Gasteiger partial charge in [0, 0.05) is 5.56 Å². The van der Waals surface area contributed by atoms with Gasteiger partial charge in [-0.05, 0) is 53.4 Å². The molecule has 0 N–H and O–H groups in total. The van der Waals surface area contributed by atoms with Crippen LogP contribution in [0.15, 0.2) is 101 Å². The van der Waals surface area contributed by atoms with Gasteiger partial charge in [-0.3, -0.25) is 0 Å². The first-order chi connectivity index (χ1) is 13.8. The van der Waals surface area contributed by atoms with Gasteiger partial charge >= 0.3 is 0 Å². The quantitative estimate of drug-likeness (QED) is 0.341. The van der Waals surface area contributed by atoms with E-state index in [-0.39, 0.29) is 0 Å². The minimum atomic E-state index is 0.649. The number of nitrogens with zero attached hydrogens (tertiary/aromatic N) is 1. The van der Waals surface area contributed by atoms with Crippen LogP contribution in [-0.2, 0) is 0 Å². The van der Waals surface area contributed by atoms with Crippen LogP contribution in [-0.4, -0.2) is 4.98 Å². The maximum absolute atomic E-state index is 6.00. The lowest BCUT2D eigenvalue weighted by Crippen LogP contribution is -1.81. The number of hydrogen-bond acceptors (Lipinski definition) is 2. The van der Waals surface area contributed by atoms with Crippen LogP contribution in [0, 0.1) is 6.92 Å². The third-order valence-corrected chi connectivity index (χ3v) is 5.01. The summed E-state index contributed by atoms with van der Waals surface area (Å²) < 4.78 is 6.00. The van der Waals surface area contributed by atoms with Crippen LogP contribution in [0.2, 0.25) is 0 Å². The molecule has 0 radical (unpaired) electrons. The van der Waals surface area contributed by atoms with E-state index in [1.807, 2.05) is 24.3 Å². The van der Waals surface area contributed by atoms with Gasteiger partial charge in [0.25, 0.3) is 0 Å². The molecule has 4 aromatic carbocycles. The summed E-state index contributed by atoms with van der Waals surface area (Å²) in [6.45, 7) is 2.10. The standard InChI is InChI=1S/C26H19NO/c1-18-7-9-20(10-8-18)21-11-13-22(14-12-21)26-27-24-17-23(15-16-25(24)28-26)19-5-3-2-4-6-19/h2-17H,1H3. The van der Waals surface area contributed by atoms with Crippen LogP contribution < -0.4 is 0 Å². The topological polar surface area (TPSA) is 26.0 Å². The normalized spacial score (nSPS) is 11.0. The van der Waals surface area contributed by atoms with Gasteiger partial charge in [0.2, 0.25) is 5.89 Å². The SMILES string of the molecule is Cc1ccc(-c2ccc(-c3nc4cc(-c5ccccc5)ccc4o3)cc2)cc1. The highest BCUT2D eigenvalue weighted by Crippen LogP contribution is 2.29. The van der Waals surface area contributed by atoms with Crippen molar-refractivity contribution in [3.05, 3.63) is 103 Å². The highest BCUT2D eigenvalue weighted by atomic mass is 16.3. The van der Waals surface area contributed by atoms with Crippen LogP contribution in [0.25, 0.3) is 44.8 Å². The molecule has 1 aromatic heterocycles. The maximum atomic E-state index is 6.00. The Hall–Kier alpha value is -3.65. The van der Waals surface area contributed by atoms with E-state index in [9.17, 15) is 0 Å². The fourth-order valence-electron chi connectivity index (χ4n) is 3.41. The summed E-state index contributed by atoms with van der Waals surface area (Å²) in [6, 6.07) is 33.4. The molecule has 0 saturated carbocycles. The second kappa shape index (κ2) is 6.82. The van der Waals surface area contributed by atoms with Crippen molar-refractivity contribution >= 4 is 11.1 Å². The smallest absolute Gasteiger partial charge is 0.227 e. The van der Waals surface area contributed by atoms with E-state index in [4.69, 9.17) is 9.40 Å². The molecule has 0 spiro atoms. The van der Waals surface area contributed by atoms with Gasteiger partial charge < -0.3 is 4.42 Å². The van der Waals surface area contributed by atoms with Crippen LogP contribution in [0.5, 0.6) is 0 Å². The monoisotopic (exact) mass is 361 g/mol. The molecular formula is C26H19NO. The summed E-state index contributed by atoms with van der Waals surface area (Å²) in [4.78, 5) is 4.72. The van der Waals surface area contributed by atoms with Gasteiger partial charge in [-0.1, -0.05) is 78.4 Å². The zero-order valence-electron chi connectivity index (χ0n) is 15.6.